The first-order valence-electron chi connectivity index (χ1n) is 11.5. The van der Waals surface area contributed by atoms with Gasteiger partial charge in [-0.25, -0.2) is 9.97 Å². The number of nitrogens with zero attached hydrogens (tertiary/aromatic N) is 4. The molecule has 1 aliphatic heterocycles. The molecule has 1 aromatic heterocycles. The SMILES string of the molecule is CCOc1cc2ncnc(N3CCN(Cc4ccccc4)CC3)c2c(OCC)c1OCC. The topological polar surface area (TPSA) is 60.0 Å². The van der Waals surface area contributed by atoms with Gasteiger partial charge in [0, 0.05) is 38.8 Å². The molecule has 32 heavy (non-hydrogen) atoms. The number of hydrogen-bond donors (Lipinski definition) is 0. The lowest BCUT2D eigenvalue weighted by Gasteiger charge is -2.36. The lowest BCUT2D eigenvalue weighted by molar-refractivity contribution is 0.249. The van der Waals surface area contributed by atoms with Crippen LogP contribution in [0.5, 0.6) is 17.2 Å². The second kappa shape index (κ2) is 10.5. The van der Waals surface area contributed by atoms with Crippen LogP contribution in [0.3, 0.4) is 0 Å². The van der Waals surface area contributed by atoms with Gasteiger partial charge in [0.1, 0.15) is 12.1 Å². The molecular formula is C25H32N4O3. The van der Waals surface area contributed by atoms with Gasteiger partial charge in [0.2, 0.25) is 5.75 Å². The summed E-state index contributed by atoms with van der Waals surface area (Å²) in [7, 11) is 0. The molecule has 3 aromatic rings. The van der Waals surface area contributed by atoms with Crippen LogP contribution in [0.15, 0.2) is 42.7 Å². The predicted octanol–water partition coefficient (Wildman–Crippen LogP) is 4.15. The highest BCUT2D eigenvalue weighted by atomic mass is 16.5. The number of piperazine rings is 1. The average molecular weight is 437 g/mol. The molecule has 0 unspecified atom stereocenters. The van der Waals surface area contributed by atoms with Crippen molar-refractivity contribution in [2.24, 2.45) is 0 Å². The quantitative estimate of drug-likeness (QED) is 0.499. The minimum Gasteiger partial charge on any atom is -0.490 e. The summed E-state index contributed by atoms with van der Waals surface area (Å²) in [6.45, 7) is 12.2. The number of benzene rings is 2. The van der Waals surface area contributed by atoms with E-state index in [4.69, 9.17) is 14.2 Å². The highest BCUT2D eigenvalue weighted by Gasteiger charge is 2.26. The summed E-state index contributed by atoms with van der Waals surface area (Å²) in [4.78, 5) is 14.0. The highest BCUT2D eigenvalue weighted by Crippen LogP contribution is 2.46. The predicted molar refractivity (Wildman–Crippen MR) is 127 cm³/mol. The first-order chi connectivity index (χ1) is 15.7. The number of ether oxygens (including phenoxy) is 3. The summed E-state index contributed by atoms with van der Waals surface area (Å²) < 4.78 is 17.9. The maximum absolute atomic E-state index is 6.10. The Morgan fingerprint density at radius 3 is 2.19 bits per heavy atom. The Kier molecular flexibility index (Phi) is 7.27. The number of hydrogen-bond acceptors (Lipinski definition) is 7. The van der Waals surface area contributed by atoms with E-state index in [9.17, 15) is 0 Å². The van der Waals surface area contributed by atoms with E-state index < -0.39 is 0 Å². The van der Waals surface area contributed by atoms with Crippen LogP contribution >= 0.6 is 0 Å². The minimum atomic E-state index is 0.518. The summed E-state index contributed by atoms with van der Waals surface area (Å²) in [5, 5.41) is 0.887. The van der Waals surface area contributed by atoms with Gasteiger partial charge >= 0.3 is 0 Å². The number of fused-ring (bicyclic) bond motifs is 1. The van der Waals surface area contributed by atoms with E-state index in [2.05, 4.69) is 50.1 Å². The van der Waals surface area contributed by atoms with Gasteiger partial charge in [-0.1, -0.05) is 30.3 Å². The summed E-state index contributed by atoms with van der Waals surface area (Å²) in [5.74, 6) is 2.84. The molecule has 0 atom stereocenters. The minimum absolute atomic E-state index is 0.518. The normalized spacial score (nSPS) is 14.5. The monoisotopic (exact) mass is 436 g/mol. The molecule has 1 aliphatic rings. The van der Waals surface area contributed by atoms with Gasteiger partial charge < -0.3 is 19.1 Å². The zero-order chi connectivity index (χ0) is 22.3. The van der Waals surface area contributed by atoms with Crippen LogP contribution in [0.25, 0.3) is 10.9 Å². The molecule has 0 spiro atoms. The fraction of sp³-hybridized carbons (Fsp3) is 0.440. The van der Waals surface area contributed by atoms with Crippen molar-refractivity contribution in [2.45, 2.75) is 27.3 Å². The molecule has 1 fully saturated rings. The van der Waals surface area contributed by atoms with Gasteiger partial charge in [0.15, 0.2) is 11.5 Å². The number of anilines is 1. The summed E-state index contributed by atoms with van der Waals surface area (Å²) in [6.07, 6.45) is 1.62. The van der Waals surface area contributed by atoms with E-state index in [-0.39, 0.29) is 0 Å². The van der Waals surface area contributed by atoms with Gasteiger partial charge in [0.05, 0.1) is 30.7 Å². The van der Waals surface area contributed by atoms with Gasteiger partial charge in [-0.2, -0.15) is 0 Å². The van der Waals surface area contributed by atoms with E-state index in [0.29, 0.717) is 37.1 Å². The van der Waals surface area contributed by atoms with Crippen LogP contribution in [-0.4, -0.2) is 60.9 Å². The average Bonchev–Trinajstić information content (AvgIpc) is 2.82. The molecule has 0 N–H and O–H groups in total. The molecule has 7 heteroatoms. The lowest BCUT2D eigenvalue weighted by Crippen LogP contribution is -2.46. The van der Waals surface area contributed by atoms with Crippen LogP contribution < -0.4 is 19.1 Å². The van der Waals surface area contributed by atoms with Gasteiger partial charge in [-0.15, -0.1) is 0 Å². The van der Waals surface area contributed by atoms with Crippen molar-refractivity contribution in [1.29, 1.82) is 0 Å². The third-order valence-electron chi connectivity index (χ3n) is 5.58. The molecule has 1 saturated heterocycles. The zero-order valence-electron chi connectivity index (χ0n) is 19.2. The second-order valence-electron chi connectivity index (χ2n) is 7.67. The van der Waals surface area contributed by atoms with Crippen LogP contribution in [0.1, 0.15) is 26.3 Å². The van der Waals surface area contributed by atoms with Crippen molar-refractivity contribution in [2.75, 3.05) is 50.9 Å². The molecule has 7 nitrogen and oxygen atoms in total. The Balaban J connectivity index is 1.65. The van der Waals surface area contributed by atoms with E-state index in [1.807, 2.05) is 26.8 Å². The maximum atomic E-state index is 6.10. The molecule has 0 bridgehead atoms. The number of rotatable bonds is 9. The van der Waals surface area contributed by atoms with Gasteiger partial charge in [-0.05, 0) is 26.3 Å². The van der Waals surface area contributed by atoms with Crippen molar-refractivity contribution in [1.82, 2.24) is 14.9 Å². The Hall–Kier alpha value is -3.06. The molecule has 170 valence electrons. The summed E-state index contributed by atoms with van der Waals surface area (Å²) in [5.41, 5.74) is 2.15. The number of aromatic nitrogens is 2. The first-order valence-corrected chi connectivity index (χ1v) is 11.5. The molecule has 0 saturated carbocycles. The second-order valence-corrected chi connectivity index (χ2v) is 7.67. The smallest absolute Gasteiger partial charge is 0.204 e. The van der Waals surface area contributed by atoms with Crippen LogP contribution in [0, 0.1) is 0 Å². The first kappa shape index (κ1) is 22.1. The fourth-order valence-corrected chi connectivity index (χ4v) is 4.16. The Bertz CT molecular complexity index is 1020. The standard InChI is InChI=1S/C25H32N4O3/c1-4-30-21-16-20-22(24(32-6-3)23(21)31-5-2)25(27-18-26-20)29-14-12-28(13-15-29)17-19-10-8-7-9-11-19/h7-11,16,18H,4-6,12-15,17H2,1-3H3. The van der Waals surface area contributed by atoms with Crippen LogP contribution in [0.4, 0.5) is 5.82 Å². The zero-order valence-corrected chi connectivity index (χ0v) is 19.2. The Labute approximate surface area is 189 Å². The lowest BCUT2D eigenvalue weighted by atomic mass is 10.1. The van der Waals surface area contributed by atoms with Gasteiger partial charge in [-0.3, -0.25) is 4.90 Å². The van der Waals surface area contributed by atoms with E-state index in [0.717, 1.165) is 49.4 Å². The Morgan fingerprint density at radius 1 is 0.812 bits per heavy atom. The fourth-order valence-electron chi connectivity index (χ4n) is 4.16. The third kappa shape index (κ3) is 4.72. The third-order valence-corrected chi connectivity index (χ3v) is 5.58. The summed E-state index contributed by atoms with van der Waals surface area (Å²) in [6, 6.07) is 12.6. The van der Waals surface area contributed by atoms with E-state index in [1.165, 1.54) is 5.56 Å². The molecule has 2 aromatic carbocycles. The van der Waals surface area contributed by atoms with Crippen molar-refractivity contribution < 1.29 is 14.2 Å². The molecule has 4 rings (SSSR count). The largest absolute Gasteiger partial charge is 0.490 e. The van der Waals surface area contributed by atoms with Crippen molar-refractivity contribution in [3.8, 4) is 17.2 Å². The molecule has 0 radical (unpaired) electrons. The van der Waals surface area contributed by atoms with Crippen molar-refractivity contribution in [3.63, 3.8) is 0 Å². The van der Waals surface area contributed by atoms with Crippen LogP contribution in [0.2, 0.25) is 0 Å². The maximum Gasteiger partial charge on any atom is 0.204 e. The molecule has 0 aliphatic carbocycles. The van der Waals surface area contributed by atoms with Gasteiger partial charge in [0.25, 0.3) is 0 Å². The van der Waals surface area contributed by atoms with Crippen molar-refractivity contribution >= 4 is 16.7 Å². The molecule has 0 amide bonds. The van der Waals surface area contributed by atoms with E-state index in [1.54, 1.807) is 6.33 Å². The molecule has 2 heterocycles. The Morgan fingerprint density at radius 2 is 1.50 bits per heavy atom. The van der Waals surface area contributed by atoms with Crippen LogP contribution in [-0.2, 0) is 6.54 Å². The van der Waals surface area contributed by atoms with E-state index >= 15 is 0 Å². The highest BCUT2D eigenvalue weighted by molar-refractivity contribution is 5.98. The van der Waals surface area contributed by atoms with Crippen molar-refractivity contribution in [3.05, 3.63) is 48.3 Å². The molecular weight excluding hydrogens is 404 g/mol. The summed E-state index contributed by atoms with van der Waals surface area (Å²) >= 11 is 0.